The molecule has 0 spiro atoms. The summed E-state index contributed by atoms with van der Waals surface area (Å²) in [4.78, 5) is 1.31. The minimum absolute atomic E-state index is 0.480. The number of hydrogen-bond donors (Lipinski definition) is 2. The average Bonchev–Trinajstić information content (AvgIpc) is 2.63. The van der Waals surface area contributed by atoms with E-state index in [0.29, 0.717) is 12.5 Å². The van der Waals surface area contributed by atoms with Gasteiger partial charge in [-0.05, 0) is 40.8 Å². The first kappa shape index (κ1) is 13.5. The predicted octanol–water partition coefficient (Wildman–Crippen LogP) is 3.54. The van der Waals surface area contributed by atoms with Crippen LogP contribution in [0.1, 0.15) is 37.5 Å². The highest BCUT2D eigenvalue weighted by atomic mass is 79.9. The van der Waals surface area contributed by atoms with Crippen LogP contribution in [0.4, 0.5) is 0 Å². The molecule has 96 valence electrons. The molecule has 17 heavy (non-hydrogen) atoms. The van der Waals surface area contributed by atoms with Crippen molar-refractivity contribution in [2.45, 2.75) is 44.8 Å². The van der Waals surface area contributed by atoms with E-state index in [1.165, 1.54) is 11.3 Å². The lowest BCUT2D eigenvalue weighted by Gasteiger charge is -2.35. The van der Waals surface area contributed by atoms with Gasteiger partial charge in [0.05, 0.1) is 5.60 Å². The van der Waals surface area contributed by atoms with Crippen molar-refractivity contribution < 1.29 is 5.11 Å². The first-order valence-corrected chi connectivity index (χ1v) is 7.91. The standard InChI is InChI=1S/C13H20BrNOS/c1-10-3-2-4-13(16,6-10)9-15-7-12-5-11(14)8-17-12/h5,8,10,15-16H,2-4,6-7,9H2,1H3. The van der Waals surface area contributed by atoms with E-state index in [-0.39, 0.29) is 0 Å². The summed E-state index contributed by atoms with van der Waals surface area (Å²) in [5.74, 6) is 0.659. The van der Waals surface area contributed by atoms with Crippen LogP contribution in [0.5, 0.6) is 0 Å². The predicted molar refractivity (Wildman–Crippen MR) is 76.3 cm³/mol. The maximum Gasteiger partial charge on any atom is 0.0774 e. The van der Waals surface area contributed by atoms with Crippen LogP contribution >= 0.6 is 27.3 Å². The van der Waals surface area contributed by atoms with Gasteiger partial charge >= 0.3 is 0 Å². The van der Waals surface area contributed by atoms with E-state index in [4.69, 9.17) is 0 Å². The number of halogens is 1. The molecule has 1 aliphatic rings. The number of rotatable bonds is 4. The molecule has 1 aromatic rings. The second-order valence-electron chi connectivity index (χ2n) is 5.26. The van der Waals surface area contributed by atoms with Crippen LogP contribution in [-0.2, 0) is 6.54 Å². The van der Waals surface area contributed by atoms with Gasteiger partial charge in [0.15, 0.2) is 0 Å². The monoisotopic (exact) mass is 317 g/mol. The molecule has 2 rings (SSSR count). The van der Waals surface area contributed by atoms with Gasteiger partial charge in [-0.2, -0.15) is 0 Å². The van der Waals surface area contributed by atoms with Crippen molar-refractivity contribution in [1.29, 1.82) is 0 Å². The second kappa shape index (κ2) is 5.83. The third-order valence-corrected chi connectivity index (χ3v) is 5.14. The minimum Gasteiger partial charge on any atom is -0.389 e. The third-order valence-electron chi connectivity index (χ3n) is 3.44. The smallest absolute Gasteiger partial charge is 0.0774 e. The molecule has 0 aliphatic heterocycles. The Labute approximate surface area is 116 Å². The Balaban J connectivity index is 1.77. The molecule has 0 bridgehead atoms. The Kier molecular flexibility index (Phi) is 4.64. The summed E-state index contributed by atoms with van der Waals surface area (Å²) in [6.07, 6.45) is 4.30. The van der Waals surface area contributed by atoms with Crippen LogP contribution < -0.4 is 5.32 Å². The summed E-state index contributed by atoms with van der Waals surface area (Å²) in [5.41, 5.74) is -0.480. The van der Waals surface area contributed by atoms with Crippen molar-refractivity contribution >= 4 is 27.3 Å². The van der Waals surface area contributed by atoms with E-state index in [2.05, 4.69) is 39.6 Å². The van der Waals surface area contributed by atoms with Gasteiger partial charge in [0.25, 0.3) is 0 Å². The van der Waals surface area contributed by atoms with Gasteiger partial charge in [-0.3, -0.25) is 0 Å². The Bertz CT molecular complexity index is 368. The van der Waals surface area contributed by atoms with Crippen LogP contribution in [0.25, 0.3) is 0 Å². The van der Waals surface area contributed by atoms with Gasteiger partial charge in [0, 0.05) is 27.8 Å². The van der Waals surface area contributed by atoms with E-state index < -0.39 is 5.60 Å². The maximum atomic E-state index is 10.5. The zero-order valence-electron chi connectivity index (χ0n) is 10.2. The summed E-state index contributed by atoms with van der Waals surface area (Å²) in [7, 11) is 0. The van der Waals surface area contributed by atoms with Crippen molar-refractivity contribution in [3.8, 4) is 0 Å². The molecule has 4 heteroatoms. The number of aliphatic hydroxyl groups is 1. The van der Waals surface area contributed by atoms with Crippen molar-refractivity contribution in [2.24, 2.45) is 5.92 Å². The molecule has 0 amide bonds. The first-order chi connectivity index (χ1) is 8.07. The van der Waals surface area contributed by atoms with Gasteiger partial charge in [-0.25, -0.2) is 0 Å². The molecule has 2 nitrogen and oxygen atoms in total. The molecule has 0 saturated heterocycles. The van der Waals surface area contributed by atoms with E-state index in [0.717, 1.165) is 30.3 Å². The molecule has 2 unspecified atom stereocenters. The van der Waals surface area contributed by atoms with Crippen LogP contribution in [-0.4, -0.2) is 17.3 Å². The molecular formula is C13H20BrNOS. The van der Waals surface area contributed by atoms with Crippen molar-refractivity contribution in [2.75, 3.05) is 6.54 Å². The molecule has 1 aromatic heterocycles. The fourth-order valence-electron chi connectivity index (χ4n) is 2.66. The van der Waals surface area contributed by atoms with Gasteiger partial charge in [-0.1, -0.05) is 19.8 Å². The van der Waals surface area contributed by atoms with Crippen molar-refractivity contribution in [1.82, 2.24) is 5.32 Å². The molecule has 1 heterocycles. The topological polar surface area (TPSA) is 32.3 Å². The van der Waals surface area contributed by atoms with Gasteiger partial charge in [0.2, 0.25) is 0 Å². The van der Waals surface area contributed by atoms with E-state index in [1.807, 2.05) is 0 Å². The number of nitrogens with one attached hydrogen (secondary N) is 1. The lowest BCUT2D eigenvalue weighted by atomic mass is 9.79. The summed E-state index contributed by atoms with van der Waals surface area (Å²) >= 11 is 5.20. The van der Waals surface area contributed by atoms with Gasteiger partial charge in [0.1, 0.15) is 0 Å². The normalized spacial score (nSPS) is 29.5. The molecule has 0 aromatic carbocycles. The third kappa shape index (κ3) is 4.05. The summed E-state index contributed by atoms with van der Waals surface area (Å²) in [6, 6.07) is 2.13. The van der Waals surface area contributed by atoms with E-state index >= 15 is 0 Å². The van der Waals surface area contributed by atoms with Crippen molar-refractivity contribution in [3.05, 3.63) is 20.8 Å². The zero-order chi connectivity index (χ0) is 12.3. The molecule has 1 saturated carbocycles. The fourth-order valence-corrected chi connectivity index (χ4v) is 4.08. The van der Waals surface area contributed by atoms with Gasteiger partial charge in [-0.15, -0.1) is 11.3 Å². The summed E-state index contributed by atoms with van der Waals surface area (Å²) in [5, 5.41) is 15.9. The largest absolute Gasteiger partial charge is 0.389 e. The highest BCUT2D eigenvalue weighted by molar-refractivity contribution is 9.10. The lowest BCUT2D eigenvalue weighted by molar-refractivity contribution is -0.0118. The highest BCUT2D eigenvalue weighted by Gasteiger charge is 2.31. The Morgan fingerprint density at radius 2 is 2.47 bits per heavy atom. The SMILES string of the molecule is CC1CCCC(O)(CNCc2cc(Br)cs2)C1. The van der Waals surface area contributed by atoms with Gasteiger partial charge < -0.3 is 10.4 Å². The molecule has 1 fully saturated rings. The molecule has 0 radical (unpaired) electrons. The Hall–Kier alpha value is 0.1000. The van der Waals surface area contributed by atoms with Crippen LogP contribution in [0.3, 0.4) is 0 Å². The van der Waals surface area contributed by atoms with E-state index in [1.54, 1.807) is 11.3 Å². The first-order valence-electron chi connectivity index (χ1n) is 6.23. The molecule has 1 aliphatic carbocycles. The summed E-state index contributed by atoms with van der Waals surface area (Å²) < 4.78 is 1.14. The highest BCUT2D eigenvalue weighted by Crippen LogP contribution is 2.31. The second-order valence-corrected chi connectivity index (χ2v) is 7.17. The van der Waals surface area contributed by atoms with Crippen molar-refractivity contribution in [3.63, 3.8) is 0 Å². The lowest BCUT2D eigenvalue weighted by Crippen LogP contribution is -2.43. The number of thiophene rings is 1. The number of hydrogen-bond acceptors (Lipinski definition) is 3. The van der Waals surface area contributed by atoms with Crippen LogP contribution in [0.2, 0.25) is 0 Å². The quantitative estimate of drug-likeness (QED) is 0.890. The van der Waals surface area contributed by atoms with Crippen LogP contribution in [0.15, 0.2) is 15.9 Å². The molecule has 2 N–H and O–H groups in total. The fraction of sp³-hybridized carbons (Fsp3) is 0.692. The minimum atomic E-state index is -0.480. The molecular weight excluding hydrogens is 298 g/mol. The van der Waals surface area contributed by atoms with E-state index in [9.17, 15) is 5.11 Å². The van der Waals surface area contributed by atoms with Crippen LogP contribution in [0, 0.1) is 5.92 Å². The Morgan fingerprint density at radius 1 is 1.65 bits per heavy atom. The Morgan fingerprint density at radius 3 is 3.12 bits per heavy atom. The molecule has 2 atom stereocenters. The average molecular weight is 318 g/mol. The zero-order valence-corrected chi connectivity index (χ0v) is 12.6. The summed E-state index contributed by atoms with van der Waals surface area (Å²) in [6.45, 7) is 3.81. The maximum absolute atomic E-state index is 10.5.